The molecule has 6 heteroatoms. The minimum atomic E-state index is -0.544. The average molecular weight is 379 g/mol. The van der Waals surface area contributed by atoms with Gasteiger partial charge in [0.2, 0.25) is 0 Å². The molecule has 2 aliphatic rings. The van der Waals surface area contributed by atoms with E-state index < -0.39 is 18.3 Å². The van der Waals surface area contributed by atoms with Gasteiger partial charge in [0.05, 0.1) is 11.2 Å². The van der Waals surface area contributed by atoms with Gasteiger partial charge >= 0.3 is 7.12 Å². The van der Waals surface area contributed by atoms with Gasteiger partial charge in [0.15, 0.2) is 0 Å². The Bertz CT molecular complexity index is 944. The van der Waals surface area contributed by atoms with Gasteiger partial charge in [0, 0.05) is 23.1 Å². The van der Waals surface area contributed by atoms with Crippen molar-refractivity contribution in [2.24, 2.45) is 0 Å². The molecule has 0 bridgehead atoms. The highest BCUT2D eigenvalue weighted by atomic mass is 16.7. The molecular formula is C22H26BNO4. The Morgan fingerprint density at radius 3 is 2.14 bits per heavy atom. The average Bonchev–Trinajstić information content (AvgIpc) is 2.86. The van der Waals surface area contributed by atoms with Crippen LogP contribution in [0, 0.1) is 0 Å². The van der Waals surface area contributed by atoms with Crippen molar-refractivity contribution >= 4 is 35.2 Å². The number of carbonyl (C=O) groups excluding carboxylic acids is 2. The SMILES string of the molecule is CCCCN1C(=O)c2cccc3c(B4OC(C)(C)C(C)(C)O4)ccc(c23)C1=O. The van der Waals surface area contributed by atoms with Crippen molar-refractivity contribution in [2.45, 2.75) is 58.7 Å². The lowest BCUT2D eigenvalue weighted by Crippen LogP contribution is -2.42. The van der Waals surface area contributed by atoms with E-state index in [4.69, 9.17) is 9.31 Å². The van der Waals surface area contributed by atoms with E-state index in [-0.39, 0.29) is 11.8 Å². The molecule has 2 heterocycles. The molecule has 1 fully saturated rings. The van der Waals surface area contributed by atoms with Crippen LogP contribution in [0.1, 0.15) is 68.2 Å². The van der Waals surface area contributed by atoms with Crippen LogP contribution in [0.5, 0.6) is 0 Å². The highest BCUT2D eigenvalue weighted by molar-refractivity contribution is 6.65. The van der Waals surface area contributed by atoms with Crippen molar-refractivity contribution in [3.8, 4) is 0 Å². The van der Waals surface area contributed by atoms with Gasteiger partial charge in [-0.05, 0) is 57.1 Å². The van der Waals surface area contributed by atoms with Crippen molar-refractivity contribution in [1.29, 1.82) is 0 Å². The number of amides is 2. The second kappa shape index (κ2) is 6.43. The zero-order valence-electron chi connectivity index (χ0n) is 17.2. The molecule has 4 rings (SSSR count). The Morgan fingerprint density at radius 2 is 1.54 bits per heavy atom. The number of nitrogens with zero attached hydrogens (tertiary/aromatic N) is 1. The van der Waals surface area contributed by atoms with Gasteiger partial charge in [-0.15, -0.1) is 0 Å². The lowest BCUT2D eigenvalue weighted by Gasteiger charge is -2.32. The predicted octanol–water partition coefficient (Wildman–Crippen LogP) is 3.54. The second-order valence-corrected chi connectivity index (χ2v) is 8.63. The largest absolute Gasteiger partial charge is 0.495 e. The van der Waals surface area contributed by atoms with Crippen molar-refractivity contribution in [3.63, 3.8) is 0 Å². The van der Waals surface area contributed by atoms with Crippen LogP contribution >= 0.6 is 0 Å². The van der Waals surface area contributed by atoms with Crippen molar-refractivity contribution in [1.82, 2.24) is 4.90 Å². The second-order valence-electron chi connectivity index (χ2n) is 8.63. The molecule has 0 unspecified atom stereocenters. The number of imide groups is 1. The van der Waals surface area contributed by atoms with E-state index >= 15 is 0 Å². The smallest absolute Gasteiger partial charge is 0.399 e. The Morgan fingerprint density at radius 1 is 0.929 bits per heavy atom. The van der Waals surface area contributed by atoms with Crippen LogP contribution in [0.2, 0.25) is 0 Å². The molecule has 0 spiro atoms. The number of benzene rings is 2. The lowest BCUT2D eigenvalue weighted by molar-refractivity contribution is 0.00578. The third-order valence-electron chi connectivity index (χ3n) is 6.27. The van der Waals surface area contributed by atoms with Crippen molar-refractivity contribution < 1.29 is 18.9 Å². The third kappa shape index (κ3) is 2.70. The third-order valence-corrected chi connectivity index (χ3v) is 6.27. The van der Waals surface area contributed by atoms with E-state index in [1.165, 1.54) is 4.90 Å². The van der Waals surface area contributed by atoms with Crippen LogP contribution in [0.3, 0.4) is 0 Å². The van der Waals surface area contributed by atoms with Crippen LogP contribution in [-0.2, 0) is 9.31 Å². The van der Waals surface area contributed by atoms with E-state index in [9.17, 15) is 9.59 Å². The Hall–Kier alpha value is -2.18. The van der Waals surface area contributed by atoms with Crippen LogP contribution in [-0.4, -0.2) is 41.6 Å². The summed E-state index contributed by atoms with van der Waals surface area (Å²) in [5.41, 5.74) is 1.07. The quantitative estimate of drug-likeness (QED) is 0.603. The summed E-state index contributed by atoms with van der Waals surface area (Å²) in [5.74, 6) is -0.440. The number of unbranched alkanes of at least 4 members (excludes halogenated alkanes) is 1. The minimum absolute atomic E-state index is 0.220. The topological polar surface area (TPSA) is 55.8 Å². The first kappa shape index (κ1) is 19.2. The molecule has 2 aromatic rings. The van der Waals surface area contributed by atoms with Gasteiger partial charge in [-0.1, -0.05) is 31.5 Å². The molecule has 2 aliphatic heterocycles. The minimum Gasteiger partial charge on any atom is -0.399 e. The molecule has 5 nitrogen and oxygen atoms in total. The fourth-order valence-corrected chi connectivity index (χ4v) is 3.86. The summed E-state index contributed by atoms with van der Waals surface area (Å²) in [7, 11) is -0.544. The summed E-state index contributed by atoms with van der Waals surface area (Å²) < 4.78 is 12.4. The summed E-state index contributed by atoms with van der Waals surface area (Å²) in [6.45, 7) is 10.5. The van der Waals surface area contributed by atoms with Gasteiger partial charge < -0.3 is 9.31 Å². The van der Waals surface area contributed by atoms with E-state index in [0.717, 1.165) is 23.7 Å². The Kier molecular flexibility index (Phi) is 4.40. The van der Waals surface area contributed by atoms with Gasteiger partial charge in [0.25, 0.3) is 11.8 Å². The van der Waals surface area contributed by atoms with Crippen LogP contribution in [0.25, 0.3) is 10.8 Å². The molecule has 0 radical (unpaired) electrons. The van der Waals surface area contributed by atoms with Gasteiger partial charge in [-0.3, -0.25) is 14.5 Å². The van der Waals surface area contributed by atoms with Crippen LogP contribution in [0.4, 0.5) is 0 Å². The summed E-state index contributed by atoms with van der Waals surface area (Å²) in [6, 6.07) is 9.30. The normalized spacial score (nSPS) is 20.3. The zero-order chi connectivity index (χ0) is 20.3. The number of carbonyl (C=O) groups is 2. The summed E-state index contributed by atoms with van der Waals surface area (Å²) in [6.07, 6.45) is 1.73. The molecule has 1 saturated heterocycles. The van der Waals surface area contributed by atoms with Crippen molar-refractivity contribution in [2.75, 3.05) is 6.54 Å². The molecule has 0 atom stereocenters. The fourth-order valence-electron chi connectivity index (χ4n) is 3.86. The molecule has 0 aromatic heterocycles. The van der Waals surface area contributed by atoms with E-state index in [1.807, 2.05) is 52.8 Å². The van der Waals surface area contributed by atoms with Crippen LogP contribution in [0.15, 0.2) is 30.3 Å². The fraction of sp³-hybridized carbons (Fsp3) is 0.455. The zero-order valence-corrected chi connectivity index (χ0v) is 17.2. The molecular weight excluding hydrogens is 353 g/mol. The van der Waals surface area contributed by atoms with Crippen LogP contribution < -0.4 is 5.46 Å². The predicted molar refractivity (Wildman–Crippen MR) is 110 cm³/mol. The molecule has 0 N–H and O–H groups in total. The molecule has 28 heavy (non-hydrogen) atoms. The van der Waals surface area contributed by atoms with E-state index in [1.54, 1.807) is 12.1 Å². The highest BCUT2D eigenvalue weighted by Crippen LogP contribution is 2.38. The Balaban J connectivity index is 1.84. The molecule has 2 aromatic carbocycles. The summed E-state index contributed by atoms with van der Waals surface area (Å²) >= 11 is 0. The summed E-state index contributed by atoms with van der Waals surface area (Å²) in [5, 5.41) is 1.54. The number of hydrogen-bond donors (Lipinski definition) is 0. The Labute approximate surface area is 166 Å². The lowest BCUT2D eigenvalue weighted by atomic mass is 9.74. The first-order valence-corrected chi connectivity index (χ1v) is 9.95. The standard InChI is InChI=1S/C22H26BNO4/c1-6-7-13-24-19(25)15-10-8-9-14-17(12-11-16(18(14)15)20(24)26)23-27-21(2,3)22(4,5)28-23/h8-12H,6-7,13H2,1-5H3. The first-order chi connectivity index (χ1) is 13.2. The number of rotatable bonds is 4. The van der Waals surface area contributed by atoms with Gasteiger partial charge in [-0.2, -0.15) is 0 Å². The monoisotopic (exact) mass is 379 g/mol. The highest BCUT2D eigenvalue weighted by Gasteiger charge is 2.52. The summed E-state index contributed by atoms with van der Waals surface area (Å²) in [4.78, 5) is 27.4. The molecule has 146 valence electrons. The van der Waals surface area contributed by atoms with E-state index in [2.05, 4.69) is 0 Å². The maximum Gasteiger partial charge on any atom is 0.495 e. The molecule has 0 saturated carbocycles. The first-order valence-electron chi connectivity index (χ1n) is 9.95. The van der Waals surface area contributed by atoms with Gasteiger partial charge in [-0.25, -0.2) is 0 Å². The maximum absolute atomic E-state index is 13.0. The number of hydrogen-bond acceptors (Lipinski definition) is 4. The molecule has 2 amide bonds. The van der Waals surface area contributed by atoms with Crippen molar-refractivity contribution in [3.05, 3.63) is 41.5 Å². The molecule has 0 aliphatic carbocycles. The van der Waals surface area contributed by atoms with Gasteiger partial charge in [0.1, 0.15) is 0 Å². The maximum atomic E-state index is 13.0. The van der Waals surface area contributed by atoms with E-state index in [0.29, 0.717) is 23.1 Å².